The summed E-state index contributed by atoms with van der Waals surface area (Å²) < 4.78 is 10.5. The van der Waals surface area contributed by atoms with Gasteiger partial charge in [0.1, 0.15) is 42.0 Å². The lowest BCUT2D eigenvalue weighted by atomic mass is 9.91. The van der Waals surface area contributed by atoms with Crippen molar-refractivity contribution in [2.24, 2.45) is 0 Å². The molecule has 5 atom stereocenters. The van der Waals surface area contributed by atoms with E-state index < -0.39 is 37.1 Å². The number of ether oxygens (including phenoxy) is 2. The van der Waals surface area contributed by atoms with Gasteiger partial charge in [-0.3, -0.25) is 0 Å². The molecule has 0 aromatic heterocycles. The molecule has 0 saturated carbocycles. The molecule has 1 aromatic rings. The minimum atomic E-state index is -1.51. The van der Waals surface area contributed by atoms with Crippen molar-refractivity contribution in [2.45, 2.75) is 30.5 Å². The first-order chi connectivity index (χ1) is 9.90. The van der Waals surface area contributed by atoms with Gasteiger partial charge in [0, 0.05) is 11.6 Å². The number of hydrogen-bond donors (Lipinski definition) is 5. The number of aliphatic hydroxyl groups is 4. The molecular formula is C13H17ClO7. The van der Waals surface area contributed by atoms with Crippen LogP contribution in [-0.2, 0) is 4.74 Å². The Bertz CT molecular complexity index is 508. The zero-order chi connectivity index (χ0) is 15.7. The lowest BCUT2D eigenvalue weighted by molar-refractivity contribution is -0.232. The summed E-state index contributed by atoms with van der Waals surface area (Å²) in [5.74, 6) is -0.00782. The highest BCUT2D eigenvalue weighted by molar-refractivity contribution is 6.32. The third kappa shape index (κ3) is 2.94. The van der Waals surface area contributed by atoms with Gasteiger partial charge in [-0.1, -0.05) is 11.6 Å². The molecule has 7 nitrogen and oxygen atoms in total. The second kappa shape index (κ2) is 6.35. The molecule has 21 heavy (non-hydrogen) atoms. The van der Waals surface area contributed by atoms with Crippen LogP contribution >= 0.6 is 11.6 Å². The molecule has 118 valence electrons. The summed E-state index contributed by atoms with van der Waals surface area (Å²) >= 11 is 5.78. The summed E-state index contributed by atoms with van der Waals surface area (Å²) in [6.07, 6.45) is -6.57. The highest BCUT2D eigenvalue weighted by Gasteiger charge is 2.45. The average molecular weight is 321 g/mol. The largest absolute Gasteiger partial charge is 0.506 e. The van der Waals surface area contributed by atoms with Gasteiger partial charge in [0.2, 0.25) is 0 Å². The highest BCUT2D eigenvalue weighted by Crippen LogP contribution is 2.41. The van der Waals surface area contributed by atoms with Crippen LogP contribution in [0.5, 0.6) is 11.5 Å². The Kier molecular flexibility index (Phi) is 4.92. The fraction of sp³-hybridized carbons (Fsp3) is 0.538. The molecule has 0 bridgehead atoms. The predicted octanol–water partition coefficient (Wildman–Crippen LogP) is -0.431. The van der Waals surface area contributed by atoms with E-state index in [-0.39, 0.29) is 22.1 Å². The SMILES string of the molecule is COc1cc(Cl)c(O)cc1[C@@H]1O[C@H](CO)[C@@H](O)[C@H](O)[C@H]1O. The number of aliphatic hydroxyl groups excluding tert-OH is 4. The van der Waals surface area contributed by atoms with E-state index in [1.165, 1.54) is 19.2 Å². The van der Waals surface area contributed by atoms with Crippen LogP contribution in [0.25, 0.3) is 0 Å². The molecule has 0 amide bonds. The predicted molar refractivity (Wildman–Crippen MR) is 72.4 cm³/mol. The lowest BCUT2D eigenvalue weighted by Crippen LogP contribution is -2.55. The molecule has 1 aliphatic heterocycles. The maximum absolute atomic E-state index is 10.1. The van der Waals surface area contributed by atoms with E-state index in [0.29, 0.717) is 0 Å². The van der Waals surface area contributed by atoms with Gasteiger partial charge >= 0.3 is 0 Å². The molecule has 2 rings (SSSR count). The van der Waals surface area contributed by atoms with Crippen molar-refractivity contribution >= 4 is 11.6 Å². The fourth-order valence-corrected chi connectivity index (χ4v) is 2.47. The molecule has 1 saturated heterocycles. The van der Waals surface area contributed by atoms with E-state index in [9.17, 15) is 25.5 Å². The topological polar surface area (TPSA) is 120 Å². The van der Waals surface area contributed by atoms with E-state index in [1.807, 2.05) is 0 Å². The number of phenols is 1. The number of rotatable bonds is 3. The molecule has 1 aromatic carbocycles. The fourth-order valence-electron chi connectivity index (χ4n) is 2.32. The average Bonchev–Trinajstić information content (AvgIpc) is 2.48. The highest BCUT2D eigenvalue weighted by atomic mass is 35.5. The van der Waals surface area contributed by atoms with Crippen molar-refractivity contribution in [2.75, 3.05) is 13.7 Å². The molecule has 1 fully saturated rings. The third-order valence-electron chi connectivity index (χ3n) is 3.50. The van der Waals surface area contributed by atoms with Gasteiger partial charge in [-0.15, -0.1) is 0 Å². The molecule has 5 N–H and O–H groups in total. The Balaban J connectivity index is 2.42. The molecule has 1 aliphatic rings. The van der Waals surface area contributed by atoms with Crippen molar-refractivity contribution < 1.29 is 35.0 Å². The minimum Gasteiger partial charge on any atom is -0.506 e. The van der Waals surface area contributed by atoms with Crippen LogP contribution in [0.4, 0.5) is 0 Å². The minimum absolute atomic E-state index is 0.0557. The molecule has 0 spiro atoms. The van der Waals surface area contributed by atoms with Crippen molar-refractivity contribution in [3.8, 4) is 11.5 Å². The Labute approximate surface area is 125 Å². The summed E-state index contributed by atoms with van der Waals surface area (Å²) in [7, 11) is 1.37. The normalized spacial score (nSPS) is 33.0. The summed E-state index contributed by atoms with van der Waals surface area (Å²) in [6.45, 7) is -0.538. The van der Waals surface area contributed by atoms with Crippen LogP contribution < -0.4 is 4.74 Å². The quantitative estimate of drug-likeness (QED) is 0.512. The van der Waals surface area contributed by atoms with Crippen molar-refractivity contribution in [3.05, 3.63) is 22.7 Å². The van der Waals surface area contributed by atoms with E-state index >= 15 is 0 Å². The van der Waals surface area contributed by atoms with Gasteiger partial charge < -0.3 is 35.0 Å². The zero-order valence-electron chi connectivity index (χ0n) is 11.2. The lowest BCUT2D eigenvalue weighted by Gasteiger charge is -2.40. The van der Waals surface area contributed by atoms with Crippen LogP contribution in [0.1, 0.15) is 11.7 Å². The first-order valence-electron chi connectivity index (χ1n) is 6.27. The third-order valence-corrected chi connectivity index (χ3v) is 3.80. The Hall–Kier alpha value is -1.09. The first-order valence-corrected chi connectivity index (χ1v) is 6.65. The number of hydrogen-bond acceptors (Lipinski definition) is 7. The van der Waals surface area contributed by atoms with Crippen LogP contribution in [0.2, 0.25) is 5.02 Å². The molecule has 0 radical (unpaired) electrons. The van der Waals surface area contributed by atoms with Crippen LogP contribution in [0.15, 0.2) is 12.1 Å². The second-order valence-electron chi connectivity index (χ2n) is 4.80. The van der Waals surface area contributed by atoms with Crippen molar-refractivity contribution in [1.82, 2.24) is 0 Å². The summed E-state index contributed by atoms with van der Waals surface area (Å²) in [4.78, 5) is 0. The Morgan fingerprint density at radius 1 is 1.19 bits per heavy atom. The van der Waals surface area contributed by atoms with Crippen LogP contribution in [0, 0.1) is 0 Å². The summed E-state index contributed by atoms with van der Waals surface area (Å²) in [5, 5.41) is 48.5. The van der Waals surface area contributed by atoms with Crippen molar-refractivity contribution in [1.29, 1.82) is 0 Å². The number of methoxy groups -OCH3 is 1. The Morgan fingerprint density at radius 3 is 2.43 bits per heavy atom. The van der Waals surface area contributed by atoms with E-state index in [2.05, 4.69) is 0 Å². The maximum atomic E-state index is 10.1. The van der Waals surface area contributed by atoms with Gasteiger partial charge in [-0.2, -0.15) is 0 Å². The standard InChI is InChI=1S/C13H17ClO7/c1-20-8-3-6(14)7(16)2-5(8)13-12(19)11(18)10(17)9(4-15)21-13/h2-3,9-13,15-19H,4H2,1H3/t9-,10-,11+,12-,13+/m1/s1. The Morgan fingerprint density at radius 2 is 1.86 bits per heavy atom. The summed E-state index contributed by atoms with van der Waals surface area (Å²) in [6, 6.07) is 2.58. The number of halogens is 1. The smallest absolute Gasteiger partial charge is 0.134 e. The van der Waals surface area contributed by atoms with E-state index in [1.54, 1.807) is 0 Å². The molecular weight excluding hydrogens is 304 g/mol. The van der Waals surface area contributed by atoms with Gasteiger partial charge in [0.05, 0.1) is 18.7 Å². The zero-order valence-corrected chi connectivity index (χ0v) is 11.9. The summed E-state index contributed by atoms with van der Waals surface area (Å²) in [5.41, 5.74) is 0.247. The van der Waals surface area contributed by atoms with Gasteiger partial charge in [0.15, 0.2) is 0 Å². The molecule has 0 unspecified atom stereocenters. The van der Waals surface area contributed by atoms with Gasteiger partial charge in [-0.05, 0) is 6.07 Å². The van der Waals surface area contributed by atoms with Crippen molar-refractivity contribution in [3.63, 3.8) is 0 Å². The van der Waals surface area contributed by atoms with Gasteiger partial charge in [-0.25, -0.2) is 0 Å². The number of benzene rings is 1. The van der Waals surface area contributed by atoms with E-state index in [0.717, 1.165) is 0 Å². The second-order valence-corrected chi connectivity index (χ2v) is 5.20. The number of phenolic OH excluding ortho intramolecular Hbond substituents is 1. The molecule has 1 heterocycles. The van der Waals surface area contributed by atoms with E-state index in [4.69, 9.17) is 21.1 Å². The number of aromatic hydroxyl groups is 1. The molecule has 0 aliphatic carbocycles. The van der Waals surface area contributed by atoms with Crippen LogP contribution in [0.3, 0.4) is 0 Å². The van der Waals surface area contributed by atoms with Gasteiger partial charge in [0.25, 0.3) is 0 Å². The van der Waals surface area contributed by atoms with Crippen LogP contribution in [-0.4, -0.2) is 63.7 Å². The first kappa shape index (κ1) is 16.3. The molecule has 8 heteroatoms. The monoisotopic (exact) mass is 320 g/mol. The maximum Gasteiger partial charge on any atom is 0.134 e.